The zero-order chi connectivity index (χ0) is 15.4. The summed E-state index contributed by atoms with van der Waals surface area (Å²) in [6.07, 6.45) is 4.31. The number of aryl methyl sites for hydroxylation is 1. The fourth-order valence-electron chi connectivity index (χ4n) is 3.07. The van der Waals surface area contributed by atoms with Gasteiger partial charge in [0.2, 0.25) is 0 Å². The molecule has 0 aliphatic carbocycles. The molecule has 0 heterocycles. The van der Waals surface area contributed by atoms with E-state index in [4.69, 9.17) is 0 Å². The topological polar surface area (TPSA) is 17.1 Å². The molecule has 0 saturated carbocycles. The molecule has 3 rings (SSSR count). The number of hydrogen-bond donors (Lipinski definition) is 0. The van der Waals surface area contributed by atoms with Crippen LogP contribution in [0, 0.1) is 0 Å². The Morgan fingerprint density at radius 3 is 2.41 bits per heavy atom. The number of hydrogen-bond acceptors (Lipinski definition) is 1. The molecule has 0 spiro atoms. The van der Waals surface area contributed by atoms with E-state index in [1.165, 1.54) is 5.56 Å². The van der Waals surface area contributed by atoms with E-state index in [1.54, 1.807) is 0 Å². The smallest absolute Gasteiger partial charge is 0.151 e. The molecule has 0 saturated heterocycles. The van der Waals surface area contributed by atoms with Crippen LogP contribution in [0.15, 0.2) is 60.7 Å². The standard InChI is InChI=1S/C21H20O/c1-2-3-9-18-14-17-12-7-8-13-19(17)20(15-22)21(18)16-10-5-4-6-11-16/h4-8,10-15H,2-3,9H2,1H3. The molecule has 22 heavy (non-hydrogen) atoms. The van der Waals surface area contributed by atoms with E-state index in [1.807, 2.05) is 36.4 Å². The van der Waals surface area contributed by atoms with Crippen LogP contribution >= 0.6 is 0 Å². The lowest BCUT2D eigenvalue weighted by molar-refractivity contribution is 0.112. The van der Waals surface area contributed by atoms with Crippen molar-refractivity contribution in [1.82, 2.24) is 0 Å². The van der Waals surface area contributed by atoms with Gasteiger partial charge < -0.3 is 0 Å². The number of carbonyl (C=O) groups is 1. The van der Waals surface area contributed by atoms with Crippen molar-refractivity contribution < 1.29 is 4.79 Å². The molecule has 0 radical (unpaired) electrons. The van der Waals surface area contributed by atoms with Crippen LogP contribution in [0.2, 0.25) is 0 Å². The lowest BCUT2D eigenvalue weighted by atomic mass is 9.88. The molecule has 0 fully saturated rings. The van der Waals surface area contributed by atoms with Crippen molar-refractivity contribution in [2.45, 2.75) is 26.2 Å². The maximum atomic E-state index is 11.8. The van der Waals surface area contributed by atoms with Crippen LogP contribution < -0.4 is 0 Å². The Morgan fingerprint density at radius 1 is 0.955 bits per heavy atom. The summed E-state index contributed by atoms with van der Waals surface area (Å²) in [7, 11) is 0. The van der Waals surface area contributed by atoms with Gasteiger partial charge in [-0.25, -0.2) is 0 Å². The zero-order valence-corrected chi connectivity index (χ0v) is 12.9. The van der Waals surface area contributed by atoms with Crippen molar-refractivity contribution in [3.8, 4) is 11.1 Å². The fourth-order valence-corrected chi connectivity index (χ4v) is 3.07. The second-order valence-electron chi connectivity index (χ2n) is 5.63. The summed E-state index contributed by atoms with van der Waals surface area (Å²) in [6.45, 7) is 2.20. The largest absolute Gasteiger partial charge is 0.298 e. The van der Waals surface area contributed by atoms with Crippen molar-refractivity contribution in [3.63, 3.8) is 0 Å². The van der Waals surface area contributed by atoms with Gasteiger partial charge in [-0.3, -0.25) is 4.79 Å². The SMILES string of the molecule is CCCCc1cc2ccccc2c(C=O)c1-c1ccccc1. The van der Waals surface area contributed by atoms with E-state index in [0.29, 0.717) is 0 Å². The Kier molecular flexibility index (Phi) is 4.34. The molecule has 1 nitrogen and oxygen atoms in total. The number of benzene rings is 3. The Morgan fingerprint density at radius 2 is 1.68 bits per heavy atom. The summed E-state index contributed by atoms with van der Waals surface area (Å²) in [5, 5.41) is 2.19. The third kappa shape index (κ3) is 2.67. The minimum Gasteiger partial charge on any atom is -0.298 e. The minimum absolute atomic E-state index is 0.815. The first-order valence-electron chi connectivity index (χ1n) is 7.90. The fraction of sp³-hybridized carbons (Fsp3) is 0.190. The van der Waals surface area contributed by atoms with Gasteiger partial charge in [-0.1, -0.05) is 74.0 Å². The van der Waals surface area contributed by atoms with Crippen LogP contribution in [0.3, 0.4) is 0 Å². The van der Waals surface area contributed by atoms with E-state index in [9.17, 15) is 4.79 Å². The number of fused-ring (bicyclic) bond motifs is 1. The average Bonchev–Trinajstić information content (AvgIpc) is 2.59. The highest BCUT2D eigenvalue weighted by Crippen LogP contribution is 2.33. The van der Waals surface area contributed by atoms with Gasteiger partial charge in [0.25, 0.3) is 0 Å². The van der Waals surface area contributed by atoms with Crippen molar-refractivity contribution in [2.75, 3.05) is 0 Å². The molecule has 1 heteroatoms. The molecule has 0 atom stereocenters. The number of unbranched alkanes of at least 4 members (excludes halogenated alkanes) is 1. The molecule has 110 valence electrons. The predicted molar refractivity (Wildman–Crippen MR) is 93.4 cm³/mol. The van der Waals surface area contributed by atoms with Gasteiger partial charge in [0, 0.05) is 5.56 Å². The Labute approximate surface area is 131 Å². The van der Waals surface area contributed by atoms with Crippen LogP contribution in [0.5, 0.6) is 0 Å². The lowest BCUT2D eigenvalue weighted by Gasteiger charge is -2.15. The summed E-state index contributed by atoms with van der Waals surface area (Å²) in [4.78, 5) is 11.8. The van der Waals surface area contributed by atoms with E-state index >= 15 is 0 Å². The Balaban J connectivity index is 2.32. The summed E-state index contributed by atoms with van der Waals surface area (Å²) in [6, 6.07) is 20.7. The highest BCUT2D eigenvalue weighted by molar-refractivity contribution is 6.05. The average molecular weight is 288 g/mol. The van der Waals surface area contributed by atoms with Crippen molar-refractivity contribution in [2.24, 2.45) is 0 Å². The third-order valence-electron chi connectivity index (χ3n) is 4.15. The maximum Gasteiger partial charge on any atom is 0.151 e. The van der Waals surface area contributed by atoms with Crippen LogP contribution in [0.25, 0.3) is 21.9 Å². The van der Waals surface area contributed by atoms with Gasteiger partial charge in [0.05, 0.1) is 0 Å². The molecular weight excluding hydrogens is 268 g/mol. The first kappa shape index (κ1) is 14.5. The molecule has 3 aromatic carbocycles. The van der Waals surface area contributed by atoms with Gasteiger partial charge >= 0.3 is 0 Å². The molecule has 0 N–H and O–H groups in total. The summed E-state index contributed by atoms with van der Waals surface area (Å²) >= 11 is 0. The number of aldehydes is 1. The highest BCUT2D eigenvalue weighted by atomic mass is 16.1. The molecule has 0 bridgehead atoms. The van der Waals surface area contributed by atoms with Gasteiger partial charge in [0.15, 0.2) is 6.29 Å². The molecule has 0 aliphatic rings. The van der Waals surface area contributed by atoms with Crippen LogP contribution in [-0.2, 0) is 6.42 Å². The summed E-state index contributed by atoms with van der Waals surface area (Å²) in [5.74, 6) is 0. The van der Waals surface area contributed by atoms with Gasteiger partial charge in [-0.2, -0.15) is 0 Å². The van der Waals surface area contributed by atoms with E-state index in [0.717, 1.165) is 53.0 Å². The van der Waals surface area contributed by atoms with Gasteiger partial charge in [-0.05, 0) is 40.3 Å². The summed E-state index contributed by atoms with van der Waals surface area (Å²) < 4.78 is 0. The number of carbonyl (C=O) groups excluding carboxylic acids is 1. The maximum absolute atomic E-state index is 11.8. The highest BCUT2D eigenvalue weighted by Gasteiger charge is 2.14. The second-order valence-corrected chi connectivity index (χ2v) is 5.63. The third-order valence-corrected chi connectivity index (χ3v) is 4.15. The molecule has 0 unspecified atom stereocenters. The minimum atomic E-state index is 0.815. The van der Waals surface area contributed by atoms with E-state index in [-0.39, 0.29) is 0 Å². The second kappa shape index (κ2) is 6.57. The van der Waals surface area contributed by atoms with Gasteiger partial charge in [-0.15, -0.1) is 0 Å². The zero-order valence-electron chi connectivity index (χ0n) is 12.9. The molecular formula is C21H20O. The molecule has 0 aliphatic heterocycles. The van der Waals surface area contributed by atoms with Crippen LogP contribution in [0.4, 0.5) is 0 Å². The molecule has 0 amide bonds. The normalized spacial score (nSPS) is 10.8. The van der Waals surface area contributed by atoms with Crippen molar-refractivity contribution in [3.05, 3.63) is 71.8 Å². The van der Waals surface area contributed by atoms with Crippen LogP contribution in [0.1, 0.15) is 35.7 Å². The monoisotopic (exact) mass is 288 g/mol. The van der Waals surface area contributed by atoms with E-state index < -0.39 is 0 Å². The molecule has 0 aromatic heterocycles. The Bertz CT molecular complexity index is 788. The first-order valence-corrected chi connectivity index (χ1v) is 7.90. The van der Waals surface area contributed by atoms with Crippen LogP contribution in [-0.4, -0.2) is 6.29 Å². The van der Waals surface area contributed by atoms with Crippen molar-refractivity contribution in [1.29, 1.82) is 0 Å². The first-order chi connectivity index (χ1) is 10.8. The lowest BCUT2D eigenvalue weighted by Crippen LogP contribution is -1.98. The van der Waals surface area contributed by atoms with Crippen molar-refractivity contribution >= 4 is 17.1 Å². The number of rotatable bonds is 5. The summed E-state index contributed by atoms with van der Waals surface area (Å²) in [5.41, 5.74) is 4.31. The quantitative estimate of drug-likeness (QED) is 0.553. The molecule has 3 aromatic rings. The van der Waals surface area contributed by atoms with Gasteiger partial charge in [0.1, 0.15) is 0 Å². The predicted octanol–water partition coefficient (Wildman–Crippen LogP) is 5.66. The Hall–Kier alpha value is -2.41. The van der Waals surface area contributed by atoms with E-state index in [2.05, 4.69) is 31.2 Å².